The average Bonchev–Trinajstić information content (AvgIpc) is 2.76. The summed E-state index contributed by atoms with van der Waals surface area (Å²) in [4.78, 5) is 28.6. The van der Waals surface area contributed by atoms with Crippen molar-refractivity contribution in [2.24, 2.45) is 11.8 Å². The van der Waals surface area contributed by atoms with Gasteiger partial charge in [0.2, 0.25) is 5.91 Å². The van der Waals surface area contributed by atoms with Gasteiger partial charge in [-0.25, -0.2) is 0 Å². The van der Waals surface area contributed by atoms with Crippen LogP contribution in [0.15, 0.2) is 42.5 Å². The van der Waals surface area contributed by atoms with Gasteiger partial charge in [-0.05, 0) is 36.1 Å². The second-order valence-corrected chi connectivity index (χ2v) is 9.09. The first-order valence-corrected chi connectivity index (χ1v) is 11.0. The van der Waals surface area contributed by atoms with Gasteiger partial charge in [0.05, 0.1) is 27.6 Å². The van der Waals surface area contributed by atoms with Crippen LogP contribution in [-0.4, -0.2) is 43.1 Å². The molecule has 7 nitrogen and oxygen atoms in total. The number of amides is 1. The van der Waals surface area contributed by atoms with Crippen molar-refractivity contribution in [3.8, 4) is 0 Å². The smallest absolute Gasteiger partial charge is 0.269 e. The maximum atomic E-state index is 13.2. The Balaban J connectivity index is 1.67. The Morgan fingerprint density at radius 3 is 2.71 bits per heavy atom. The Morgan fingerprint density at radius 2 is 2.00 bits per heavy atom. The van der Waals surface area contributed by atoms with Crippen LogP contribution in [0.2, 0.25) is 5.02 Å². The number of anilines is 2. The highest BCUT2D eigenvalue weighted by molar-refractivity contribution is 6.33. The number of hydrogen-bond donors (Lipinski definition) is 1. The molecule has 1 fully saturated rings. The monoisotopic (exact) mass is 442 g/mol. The average molecular weight is 443 g/mol. The van der Waals surface area contributed by atoms with E-state index in [9.17, 15) is 14.9 Å². The first-order valence-electron chi connectivity index (χ1n) is 10.7. The second kappa shape index (κ2) is 8.75. The van der Waals surface area contributed by atoms with Crippen molar-refractivity contribution in [3.05, 3.63) is 63.2 Å². The Bertz CT molecular complexity index is 997. The Hall–Kier alpha value is -2.80. The molecule has 0 bridgehead atoms. The van der Waals surface area contributed by atoms with Gasteiger partial charge in [-0.1, -0.05) is 37.6 Å². The summed E-state index contributed by atoms with van der Waals surface area (Å²) in [6, 6.07) is 12.7. The quantitative estimate of drug-likeness (QED) is 0.561. The SMILES string of the molecule is CC(C)CNC(=O)C1Cc2cc([N+](=O)[O-])ccc2N2CCN(c3ccccc3Cl)CC12. The Labute approximate surface area is 187 Å². The predicted octanol–water partition coefficient (Wildman–Crippen LogP) is 3.89. The van der Waals surface area contributed by atoms with Gasteiger partial charge in [-0.2, -0.15) is 0 Å². The van der Waals surface area contributed by atoms with Gasteiger partial charge >= 0.3 is 0 Å². The molecule has 8 heteroatoms. The highest BCUT2D eigenvalue weighted by Gasteiger charge is 2.42. The lowest BCUT2D eigenvalue weighted by molar-refractivity contribution is -0.384. The summed E-state index contributed by atoms with van der Waals surface area (Å²) in [5.41, 5.74) is 2.89. The third-order valence-corrected chi connectivity index (χ3v) is 6.44. The van der Waals surface area contributed by atoms with E-state index in [1.54, 1.807) is 12.1 Å². The molecule has 31 heavy (non-hydrogen) atoms. The first kappa shape index (κ1) is 21.4. The number of nitrogens with one attached hydrogen (secondary N) is 1. The minimum absolute atomic E-state index is 0.00173. The fraction of sp³-hybridized carbons (Fsp3) is 0.435. The maximum absolute atomic E-state index is 13.2. The molecule has 4 rings (SSSR count). The largest absolute Gasteiger partial charge is 0.366 e. The van der Waals surface area contributed by atoms with Crippen molar-refractivity contribution < 1.29 is 9.72 Å². The zero-order chi connectivity index (χ0) is 22.1. The van der Waals surface area contributed by atoms with E-state index in [1.807, 2.05) is 30.3 Å². The van der Waals surface area contributed by atoms with Crippen LogP contribution in [0.25, 0.3) is 0 Å². The Kier molecular flexibility index (Phi) is 6.05. The van der Waals surface area contributed by atoms with E-state index < -0.39 is 0 Å². The van der Waals surface area contributed by atoms with Crippen LogP contribution in [0, 0.1) is 22.0 Å². The number of piperazine rings is 1. The van der Waals surface area contributed by atoms with Crippen LogP contribution in [0.3, 0.4) is 0 Å². The van der Waals surface area contributed by atoms with E-state index in [0.29, 0.717) is 37.0 Å². The highest BCUT2D eigenvalue weighted by Crippen LogP contribution is 2.39. The molecule has 2 heterocycles. The predicted molar refractivity (Wildman–Crippen MR) is 123 cm³/mol. The molecule has 1 saturated heterocycles. The molecular weight excluding hydrogens is 416 g/mol. The van der Waals surface area contributed by atoms with Crippen LogP contribution in [0.5, 0.6) is 0 Å². The fourth-order valence-electron chi connectivity index (χ4n) is 4.59. The lowest BCUT2D eigenvalue weighted by atomic mass is 9.83. The fourth-order valence-corrected chi connectivity index (χ4v) is 4.84. The maximum Gasteiger partial charge on any atom is 0.269 e. The van der Waals surface area contributed by atoms with Gasteiger partial charge in [0.1, 0.15) is 0 Å². The molecule has 0 radical (unpaired) electrons. The third-order valence-electron chi connectivity index (χ3n) is 6.12. The lowest BCUT2D eigenvalue weighted by Crippen LogP contribution is -2.61. The van der Waals surface area contributed by atoms with E-state index in [1.165, 1.54) is 0 Å². The second-order valence-electron chi connectivity index (χ2n) is 8.68. The number of carbonyl (C=O) groups is 1. The molecule has 0 spiro atoms. The van der Waals surface area contributed by atoms with Crippen molar-refractivity contribution in [1.29, 1.82) is 0 Å². The van der Waals surface area contributed by atoms with E-state index >= 15 is 0 Å². The molecule has 2 aromatic carbocycles. The first-order chi connectivity index (χ1) is 14.8. The van der Waals surface area contributed by atoms with Crippen LogP contribution in [0.1, 0.15) is 19.4 Å². The number of nitrogens with zero attached hydrogens (tertiary/aromatic N) is 3. The molecule has 1 N–H and O–H groups in total. The molecule has 0 saturated carbocycles. The number of rotatable bonds is 5. The standard InChI is InChI=1S/C23H27ClN4O3/c1-15(2)13-25-23(29)18-12-16-11-17(28(30)31)7-8-20(16)27-10-9-26(14-22(18)27)21-6-4-3-5-19(21)24/h3-8,11,15,18,22H,9-10,12-14H2,1-2H3,(H,25,29). The van der Waals surface area contributed by atoms with Gasteiger partial charge < -0.3 is 15.1 Å². The van der Waals surface area contributed by atoms with E-state index in [4.69, 9.17) is 11.6 Å². The van der Waals surface area contributed by atoms with Crippen molar-refractivity contribution in [2.75, 3.05) is 36.0 Å². The Morgan fingerprint density at radius 1 is 1.23 bits per heavy atom. The normalized spacial score (nSPS) is 20.3. The van der Waals surface area contributed by atoms with Crippen molar-refractivity contribution in [3.63, 3.8) is 0 Å². The van der Waals surface area contributed by atoms with E-state index in [2.05, 4.69) is 29.0 Å². The number of fused-ring (bicyclic) bond motifs is 3. The lowest BCUT2D eigenvalue weighted by Gasteiger charge is -2.49. The van der Waals surface area contributed by atoms with Gasteiger partial charge in [0.25, 0.3) is 5.69 Å². The number of nitro groups is 1. The summed E-state index contributed by atoms with van der Waals surface area (Å²) in [6.07, 6.45) is 0.485. The number of nitro benzene ring substituents is 1. The van der Waals surface area contributed by atoms with Crippen molar-refractivity contribution in [2.45, 2.75) is 26.3 Å². The molecule has 2 atom stereocenters. The van der Waals surface area contributed by atoms with E-state index in [-0.39, 0.29) is 28.5 Å². The van der Waals surface area contributed by atoms with Crippen LogP contribution in [0.4, 0.5) is 17.1 Å². The minimum atomic E-state index is -0.379. The third kappa shape index (κ3) is 4.32. The molecule has 1 amide bonds. The molecule has 2 aliphatic heterocycles. The summed E-state index contributed by atoms with van der Waals surface area (Å²) in [7, 11) is 0. The van der Waals surface area contributed by atoms with Gasteiger partial charge in [0, 0.05) is 44.0 Å². The van der Waals surface area contributed by atoms with Crippen LogP contribution in [-0.2, 0) is 11.2 Å². The zero-order valence-electron chi connectivity index (χ0n) is 17.8. The molecule has 0 aliphatic carbocycles. The summed E-state index contributed by atoms with van der Waals surface area (Å²) < 4.78 is 0. The summed E-state index contributed by atoms with van der Waals surface area (Å²) >= 11 is 6.45. The van der Waals surface area contributed by atoms with Gasteiger partial charge in [-0.3, -0.25) is 14.9 Å². The topological polar surface area (TPSA) is 78.7 Å². The molecular formula is C23H27ClN4O3. The van der Waals surface area contributed by atoms with Crippen LogP contribution < -0.4 is 15.1 Å². The van der Waals surface area contributed by atoms with E-state index in [0.717, 1.165) is 23.5 Å². The van der Waals surface area contributed by atoms with Gasteiger partial charge in [-0.15, -0.1) is 0 Å². The molecule has 2 unspecified atom stereocenters. The number of hydrogen-bond acceptors (Lipinski definition) is 5. The molecule has 0 aromatic heterocycles. The number of para-hydroxylation sites is 1. The molecule has 2 aromatic rings. The number of benzene rings is 2. The number of non-ortho nitro benzene ring substituents is 1. The van der Waals surface area contributed by atoms with Gasteiger partial charge in [0.15, 0.2) is 0 Å². The zero-order valence-corrected chi connectivity index (χ0v) is 18.5. The number of carbonyl (C=O) groups excluding carboxylic acids is 1. The summed E-state index contributed by atoms with van der Waals surface area (Å²) in [5.74, 6) is 0.0587. The molecule has 164 valence electrons. The van der Waals surface area contributed by atoms with Crippen molar-refractivity contribution in [1.82, 2.24) is 5.32 Å². The summed E-state index contributed by atoms with van der Waals surface area (Å²) in [6.45, 7) is 6.88. The molecule has 2 aliphatic rings. The number of halogens is 1. The minimum Gasteiger partial charge on any atom is -0.366 e. The van der Waals surface area contributed by atoms with Crippen molar-refractivity contribution >= 4 is 34.6 Å². The van der Waals surface area contributed by atoms with Crippen LogP contribution >= 0.6 is 11.6 Å². The summed E-state index contributed by atoms with van der Waals surface area (Å²) in [5, 5.41) is 15.1. The highest BCUT2D eigenvalue weighted by atomic mass is 35.5.